The van der Waals surface area contributed by atoms with Crippen LogP contribution in [0, 0.1) is 0 Å². The lowest BCUT2D eigenvalue weighted by atomic mass is 11.4. The standard InChI is InChI=1S/CH4ClNO.ClH/c2-1(3)4;/h1,4H,3H2;1H. The molecule has 0 radical (unpaired) electrons. The summed E-state index contributed by atoms with van der Waals surface area (Å²) in [5.74, 6) is 0. The summed E-state index contributed by atoms with van der Waals surface area (Å²) in [6.45, 7) is 0. The Kier molecular flexibility index (Phi) is 8.18. The quantitative estimate of drug-likeness (QED) is 0.189. The van der Waals surface area contributed by atoms with E-state index in [1.54, 1.807) is 0 Å². The maximum atomic E-state index is 7.71. The Hall–Kier alpha value is 0.500. The fourth-order valence-corrected chi connectivity index (χ4v) is 0. The van der Waals surface area contributed by atoms with Crippen LogP contribution in [0.2, 0.25) is 0 Å². The normalized spacial score (nSPS) is 12.6. The first-order chi connectivity index (χ1) is 1.73. The molecule has 1 unspecified atom stereocenters. The minimum atomic E-state index is -0.944. The molecule has 0 aliphatic rings. The lowest BCUT2D eigenvalue weighted by Crippen LogP contribution is -3.00. The molecule has 0 saturated carbocycles. The molecule has 0 bridgehead atoms. The molecule has 5 heavy (non-hydrogen) atoms. The van der Waals surface area contributed by atoms with E-state index in [1.807, 2.05) is 0 Å². The number of hydrogen-bond donors (Lipinski definition) is 2. The van der Waals surface area contributed by atoms with Gasteiger partial charge in [0.25, 0.3) is 5.69 Å². The molecule has 0 aliphatic carbocycles. The molecular weight excluding hydrogens is 113 g/mol. The van der Waals surface area contributed by atoms with Crippen LogP contribution in [0.1, 0.15) is 0 Å². The fraction of sp³-hybridized carbons (Fsp3) is 1.00. The summed E-state index contributed by atoms with van der Waals surface area (Å²) in [7, 11) is 0. The smallest absolute Gasteiger partial charge is 0.266 e. The van der Waals surface area contributed by atoms with Crippen molar-refractivity contribution in [3.63, 3.8) is 0 Å². The molecule has 4 heteroatoms. The van der Waals surface area contributed by atoms with E-state index in [9.17, 15) is 0 Å². The minimum Gasteiger partial charge on any atom is -1.00 e. The Balaban J connectivity index is 0. The third kappa shape index (κ3) is 113. The molecule has 0 aromatic heterocycles. The predicted octanol–water partition coefficient (Wildman–Crippen LogP) is -4.25. The first-order valence-electron chi connectivity index (χ1n) is 0.885. The highest BCUT2D eigenvalue weighted by Crippen LogP contribution is 1.64. The molecule has 0 amide bonds. The molecule has 2 nitrogen and oxygen atoms in total. The van der Waals surface area contributed by atoms with Gasteiger partial charge in [-0.3, -0.25) is 0 Å². The van der Waals surface area contributed by atoms with Gasteiger partial charge in [0.15, 0.2) is 0 Å². The van der Waals surface area contributed by atoms with Crippen molar-refractivity contribution >= 4 is 11.6 Å². The van der Waals surface area contributed by atoms with Gasteiger partial charge in [0, 0.05) is 0 Å². The first-order valence-corrected chi connectivity index (χ1v) is 1.32. The molecule has 0 heterocycles. The van der Waals surface area contributed by atoms with Crippen molar-refractivity contribution in [2.75, 3.05) is 0 Å². The molecule has 1 atom stereocenters. The Morgan fingerprint density at radius 3 is 1.80 bits per heavy atom. The molecule has 0 rings (SSSR count). The van der Waals surface area contributed by atoms with Gasteiger partial charge in [-0.05, 0) is 11.6 Å². The second-order valence-corrected chi connectivity index (χ2v) is 0.938. The molecule has 0 fully saturated rings. The van der Waals surface area contributed by atoms with Crippen LogP contribution in [0.15, 0.2) is 0 Å². The molecule has 0 aromatic carbocycles. The molecule has 4 N–H and O–H groups in total. The summed E-state index contributed by atoms with van der Waals surface area (Å²) in [4.78, 5) is 0. The maximum Gasteiger partial charge on any atom is 0.266 e. The third-order valence-corrected chi connectivity index (χ3v) is 0. The maximum absolute atomic E-state index is 7.71. The van der Waals surface area contributed by atoms with Gasteiger partial charge in [0.05, 0.1) is 0 Å². The first kappa shape index (κ1) is 9.09. The van der Waals surface area contributed by atoms with Crippen molar-refractivity contribution in [2.24, 2.45) is 0 Å². The van der Waals surface area contributed by atoms with E-state index in [1.165, 1.54) is 0 Å². The zero-order chi connectivity index (χ0) is 3.58. The number of hydrogen-bond acceptors (Lipinski definition) is 1. The van der Waals surface area contributed by atoms with E-state index < -0.39 is 5.69 Å². The zero-order valence-electron chi connectivity index (χ0n) is 2.49. The van der Waals surface area contributed by atoms with Crippen LogP contribution >= 0.6 is 11.6 Å². The largest absolute Gasteiger partial charge is 1.00 e. The van der Waals surface area contributed by atoms with Gasteiger partial charge < -0.3 is 23.2 Å². The van der Waals surface area contributed by atoms with E-state index in [4.69, 9.17) is 16.7 Å². The highest BCUT2D eigenvalue weighted by Gasteiger charge is 1.77. The van der Waals surface area contributed by atoms with E-state index >= 15 is 0 Å². The second kappa shape index (κ2) is 4.50. The van der Waals surface area contributed by atoms with Crippen molar-refractivity contribution < 1.29 is 23.2 Å². The van der Waals surface area contributed by atoms with Crippen molar-refractivity contribution in [2.45, 2.75) is 5.69 Å². The number of rotatable bonds is 0. The SMILES string of the molecule is [Cl-].[NH3+]C(O)Cl. The summed E-state index contributed by atoms with van der Waals surface area (Å²) in [5, 5.41) is 7.71. The van der Waals surface area contributed by atoms with Gasteiger partial charge in [0.1, 0.15) is 0 Å². The second-order valence-electron chi connectivity index (χ2n) is 0.434. The van der Waals surface area contributed by atoms with Gasteiger partial charge in [-0.25, -0.2) is 0 Å². The van der Waals surface area contributed by atoms with E-state index in [-0.39, 0.29) is 12.4 Å². The Labute approximate surface area is 41.3 Å². The van der Waals surface area contributed by atoms with Crippen molar-refractivity contribution in [3.05, 3.63) is 0 Å². The van der Waals surface area contributed by atoms with E-state index in [0.717, 1.165) is 0 Å². The predicted molar refractivity (Wildman–Crippen MR) is 14.7 cm³/mol. The van der Waals surface area contributed by atoms with Gasteiger partial charge in [-0.15, -0.1) is 0 Å². The fourth-order valence-electron chi connectivity index (χ4n) is 0. The number of aliphatic hydroxyl groups excluding tert-OH is 1. The molecular formula is CH5Cl2NO. The lowest BCUT2D eigenvalue weighted by molar-refractivity contribution is -0.447. The monoisotopic (exact) mass is 117 g/mol. The average Bonchev–Trinajstić information content (AvgIpc) is 0.811. The van der Waals surface area contributed by atoms with Gasteiger partial charge in [0.2, 0.25) is 0 Å². The minimum absolute atomic E-state index is 0. The van der Waals surface area contributed by atoms with Crippen LogP contribution in [0.25, 0.3) is 0 Å². The molecule has 0 spiro atoms. The lowest BCUT2D eigenvalue weighted by Gasteiger charge is -1.74. The third-order valence-electron chi connectivity index (χ3n) is 0. The number of halogens is 2. The highest BCUT2D eigenvalue weighted by atomic mass is 35.5. The van der Waals surface area contributed by atoms with Crippen LogP contribution in [0.4, 0.5) is 0 Å². The molecule has 0 aromatic rings. The number of aliphatic hydroxyl groups is 1. The van der Waals surface area contributed by atoms with Crippen molar-refractivity contribution in [1.29, 1.82) is 0 Å². The summed E-state index contributed by atoms with van der Waals surface area (Å²) in [6, 6.07) is 0. The van der Waals surface area contributed by atoms with Gasteiger partial charge >= 0.3 is 0 Å². The Bertz CT molecular complexity index is 14.4. The van der Waals surface area contributed by atoms with E-state index in [0.29, 0.717) is 0 Å². The highest BCUT2D eigenvalue weighted by molar-refractivity contribution is 6.18. The topological polar surface area (TPSA) is 47.9 Å². The molecule has 0 aliphatic heterocycles. The van der Waals surface area contributed by atoms with Crippen LogP contribution in [-0.2, 0) is 0 Å². The van der Waals surface area contributed by atoms with Crippen LogP contribution in [0.3, 0.4) is 0 Å². The zero-order valence-corrected chi connectivity index (χ0v) is 4.00. The van der Waals surface area contributed by atoms with Crippen LogP contribution < -0.4 is 18.1 Å². The molecule has 34 valence electrons. The van der Waals surface area contributed by atoms with Crippen LogP contribution in [0.5, 0.6) is 0 Å². The summed E-state index contributed by atoms with van der Waals surface area (Å²) in [6.07, 6.45) is 0. The summed E-state index contributed by atoms with van der Waals surface area (Å²) >= 11 is 4.72. The summed E-state index contributed by atoms with van der Waals surface area (Å²) < 4.78 is 0. The Morgan fingerprint density at radius 2 is 1.80 bits per heavy atom. The van der Waals surface area contributed by atoms with Crippen molar-refractivity contribution in [1.82, 2.24) is 0 Å². The van der Waals surface area contributed by atoms with Gasteiger partial charge in [-0.2, -0.15) is 0 Å². The van der Waals surface area contributed by atoms with E-state index in [2.05, 4.69) is 5.73 Å². The molecule has 0 saturated heterocycles. The average molecular weight is 118 g/mol. The summed E-state index contributed by atoms with van der Waals surface area (Å²) in [5.41, 5.74) is 2.02. The number of alkyl halides is 1. The Morgan fingerprint density at radius 1 is 1.80 bits per heavy atom. The van der Waals surface area contributed by atoms with Crippen LogP contribution in [-0.4, -0.2) is 10.8 Å². The van der Waals surface area contributed by atoms with Crippen molar-refractivity contribution in [3.8, 4) is 0 Å². The number of quaternary nitrogens is 1. The van der Waals surface area contributed by atoms with Gasteiger partial charge in [-0.1, -0.05) is 0 Å².